The maximum absolute atomic E-state index is 10.8. The van der Waals surface area contributed by atoms with E-state index in [0.717, 1.165) is 32.5 Å². The molecular weight excluding hydrogens is 194 g/mol. The van der Waals surface area contributed by atoms with E-state index in [1.165, 1.54) is 0 Å². The zero-order valence-electron chi connectivity index (χ0n) is 9.61. The summed E-state index contributed by atoms with van der Waals surface area (Å²) in [4.78, 5) is 13.0. The van der Waals surface area contributed by atoms with E-state index in [-0.39, 0.29) is 18.6 Å². The summed E-state index contributed by atoms with van der Waals surface area (Å²) in [6.45, 7) is 6.67. The van der Waals surface area contributed by atoms with Crippen LogP contribution in [0.15, 0.2) is 0 Å². The summed E-state index contributed by atoms with van der Waals surface area (Å²) >= 11 is 0. The molecule has 15 heavy (non-hydrogen) atoms. The molecule has 0 radical (unpaired) electrons. The van der Waals surface area contributed by atoms with Gasteiger partial charge in [0, 0.05) is 12.6 Å². The molecule has 1 saturated heterocycles. The highest BCUT2D eigenvalue weighted by atomic mass is 16.5. The summed E-state index contributed by atoms with van der Waals surface area (Å²) in [6.07, 6.45) is 2.35. The number of nitrogens with zero attached hydrogens (tertiary/aromatic N) is 1. The Bertz CT molecular complexity index is 196. The van der Waals surface area contributed by atoms with Crippen molar-refractivity contribution in [1.29, 1.82) is 0 Å². The van der Waals surface area contributed by atoms with Gasteiger partial charge in [0.1, 0.15) is 0 Å². The van der Waals surface area contributed by atoms with E-state index in [4.69, 9.17) is 9.84 Å². The van der Waals surface area contributed by atoms with Gasteiger partial charge in [-0.05, 0) is 25.9 Å². The smallest absolute Gasteiger partial charge is 0.305 e. The van der Waals surface area contributed by atoms with Crippen LogP contribution in [0.25, 0.3) is 0 Å². The lowest BCUT2D eigenvalue weighted by Crippen LogP contribution is -2.44. The molecule has 0 aliphatic carbocycles. The SMILES string of the molecule is CCN(CC)C(CC(=O)O)C1CCCO1. The summed E-state index contributed by atoms with van der Waals surface area (Å²) in [7, 11) is 0. The molecule has 2 atom stereocenters. The fraction of sp³-hybridized carbons (Fsp3) is 0.909. The first-order valence-electron chi connectivity index (χ1n) is 5.76. The first kappa shape index (κ1) is 12.5. The Labute approximate surface area is 91.2 Å². The normalized spacial score (nSPS) is 23.3. The molecular formula is C11H21NO3. The second-order valence-corrected chi connectivity index (χ2v) is 3.94. The van der Waals surface area contributed by atoms with Crippen molar-refractivity contribution in [3.05, 3.63) is 0 Å². The Balaban J connectivity index is 2.61. The number of rotatable bonds is 6. The minimum atomic E-state index is -0.734. The molecule has 1 N–H and O–H groups in total. The van der Waals surface area contributed by atoms with Gasteiger partial charge in [0.15, 0.2) is 0 Å². The molecule has 1 fully saturated rings. The van der Waals surface area contributed by atoms with Crippen molar-refractivity contribution in [3.63, 3.8) is 0 Å². The maximum Gasteiger partial charge on any atom is 0.305 e. The van der Waals surface area contributed by atoms with E-state index < -0.39 is 5.97 Å². The van der Waals surface area contributed by atoms with Crippen LogP contribution in [0.4, 0.5) is 0 Å². The van der Waals surface area contributed by atoms with Crippen molar-refractivity contribution in [2.75, 3.05) is 19.7 Å². The largest absolute Gasteiger partial charge is 0.481 e. The van der Waals surface area contributed by atoms with E-state index in [2.05, 4.69) is 18.7 Å². The number of hydrogen-bond acceptors (Lipinski definition) is 3. The van der Waals surface area contributed by atoms with Crippen LogP contribution in [-0.4, -0.2) is 47.8 Å². The Morgan fingerprint density at radius 1 is 1.53 bits per heavy atom. The molecule has 88 valence electrons. The molecule has 0 aromatic carbocycles. The van der Waals surface area contributed by atoms with E-state index in [1.807, 2.05) is 0 Å². The van der Waals surface area contributed by atoms with Crippen molar-refractivity contribution >= 4 is 5.97 Å². The molecule has 1 heterocycles. The van der Waals surface area contributed by atoms with Crippen molar-refractivity contribution in [3.8, 4) is 0 Å². The molecule has 1 aliphatic heterocycles. The van der Waals surface area contributed by atoms with Gasteiger partial charge in [0.05, 0.1) is 12.5 Å². The summed E-state index contributed by atoms with van der Waals surface area (Å²) in [6, 6.07) is 0.0417. The molecule has 2 unspecified atom stereocenters. The highest BCUT2D eigenvalue weighted by Gasteiger charge is 2.31. The summed E-state index contributed by atoms with van der Waals surface area (Å²) < 4.78 is 5.60. The number of carbonyl (C=O) groups is 1. The second kappa shape index (κ2) is 6.08. The van der Waals surface area contributed by atoms with Crippen LogP contribution < -0.4 is 0 Å². The van der Waals surface area contributed by atoms with Gasteiger partial charge in [-0.2, -0.15) is 0 Å². The Morgan fingerprint density at radius 2 is 2.20 bits per heavy atom. The molecule has 1 rings (SSSR count). The Kier molecular flexibility index (Phi) is 5.05. The van der Waals surface area contributed by atoms with Crippen LogP contribution in [0.1, 0.15) is 33.1 Å². The van der Waals surface area contributed by atoms with Gasteiger partial charge in [0.25, 0.3) is 0 Å². The minimum absolute atomic E-state index is 0.0417. The third-order valence-corrected chi connectivity index (χ3v) is 3.06. The standard InChI is InChI=1S/C11H21NO3/c1-3-12(4-2)9(8-11(13)14)10-6-5-7-15-10/h9-10H,3-8H2,1-2H3,(H,13,14). The number of carboxylic acids is 1. The molecule has 4 heteroatoms. The van der Waals surface area contributed by atoms with Crippen molar-refractivity contribution in [2.24, 2.45) is 0 Å². The third kappa shape index (κ3) is 3.47. The number of hydrogen-bond donors (Lipinski definition) is 1. The Hall–Kier alpha value is -0.610. The number of likely N-dealkylation sites (N-methyl/N-ethyl adjacent to an activating group) is 1. The topological polar surface area (TPSA) is 49.8 Å². The van der Waals surface area contributed by atoms with Crippen LogP contribution in [0.2, 0.25) is 0 Å². The lowest BCUT2D eigenvalue weighted by Gasteiger charge is -2.32. The van der Waals surface area contributed by atoms with Crippen molar-refractivity contribution in [2.45, 2.75) is 45.3 Å². The number of carboxylic acid groups (broad SMARTS) is 1. The fourth-order valence-electron chi connectivity index (χ4n) is 2.27. The first-order chi connectivity index (χ1) is 7.19. The molecule has 0 bridgehead atoms. The zero-order chi connectivity index (χ0) is 11.3. The van der Waals surface area contributed by atoms with Crippen LogP contribution in [0.5, 0.6) is 0 Å². The van der Waals surface area contributed by atoms with Gasteiger partial charge in [-0.15, -0.1) is 0 Å². The highest BCUT2D eigenvalue weighted by molar-refractivity contribution is 5.67. The highest BCUT2D eigenvalue weighted by Crippen LogP contribution is 2.21. The van der Waals surface area contributed by atoms with Gasteiger partial charge >= 0.3 is 5.97 Å². The van der Waals surface area contributed by atoms with E-state index in [9.17, 15) is 4.79 Å². The van der Waals surface area contributed by atoms with Crippen LogP contribution in [-0.2, 0) is 9.53 Å². The van der Waals surface area contributed by atoms with Crippen LogP contribution in [0, 0.1) is 0 Å². The second-order valence-electron chi connectivity index (χ2n) is 3.94. The summed E-state index contributed by atoms with van der Waals surface area (Å²) in [5.74, 6) is -0.734. The average molecular weight is 215 g/mol. The lowest BCUT2D eigenvalue weighted by atomic mass is 10.0. The molecule has 0 amide bonds. The number of ether oxygens (including phenoxy) is 1. The molecule has 0 saturated carbocycles. The predicted octanol–water partition coefficient (Wildman–Crippen LogP) is 1.35. The van der Waals surface area contributed by atoms with Gasteiger partial charge in [0.2, 0.25) is 0 Å². The lowest BCUT2D eigenvalue weighted by molar-refractivity contribution is -0.139. The van der Waals surface area contributed by atoms with E-state index in [0.29, 0.717) is 0 Å². The molecule has 4 nitrogen and oxygen atoms in total. The molecule has 0 aromatic heterocycles. The summed E-state index contributed by atoms with van der Waals surface area (Å²) in [5, 5.41) is 8.90. The predicted molar refractivity (Wildman–Crippen MR) is 57.9 cm³/mol. The third-order valence-electron chi connectivity index (χ3n) is 3.06. The van der Waals surface area contributed by atoms with Crippen molar-refractivity contribution in [1.82, 2.24) is 4.90 Å². The van der Waals surface area contributed by atoms with E-state index in [1.54, 1.807) is 0 Å². The molecule has 0 aromatic rings. The fourth-order valence-corrected chi connectivity index (χ4v) is 2.27. The van der Waals surface area contributed by atoms with Gasteiger partial charge in [-0.25, -0.2) is 0 Å². The van der Waals surface area contributed by atoms with E-state index >= 15 is 0 Å². The van der Waals surface area contributed by atoms with Gasteiger partial charge < -0.3 is 9.84 Å². The maximum atomic E-state index is 10.8. The average Bonchev–Trinajstić information content (AvgIpc) is 2.70. The van der Waals surface area contributed by atoms with Gasteiger partial charge in [-0.1, -0.05) is 13.8 Å². The van der Waals surface area contributed by atoms with Crippen molar-refractivity contribution < 1.29 is 14.6 Å². The van der Waals surface area contributed by atoms with Crippen LogP contribution >= 0.6 is 0 Å². The number of aliphatic carboxylic acids is 1. The minimum Gasteiger partial charge on any atom is -0.481 e. The van der Waals surface area contributed by atoms with Crippen LogP contribution in [0.3, 0.4) is 0 Å². The Morgan fingerprint density at radius 3 is 2.60 bits per heavy atom. The van der Waals surface area contributed by atoms with Gasteiger partial charge in [-0.3, -0.25) is 9.69 Å². The first-order valence-corrected chi connectivity index (χ1v) is 5.76. The molecule has 1 aliphatic rings. The monoisotopic (exact) mass is 215 g/mol. The molecule has 0 spiro atoms. The zero-order valence-corrected chi connectivity index (χ0v) is 9.61. The quantitative estimate of drug-likeness (QED) is 0.726. The summed E-state index contributed by atoms with van der Waals surface area (Å²) in [5.41, 5.74) is 0.